The fourth-order valence-electron chi connectivity index (χ4n) is 2.90. The molecular weight excluding hydrogens is 250 g/mol. The van der Waals surface area contributed by atoms with Gasteiger partial charge in [0.25, 0.3) is 0 Å². The van der Waals surface area contributed by atoms with E-state index in [1.807, 2.05) is 30.3 Å². The van der Waals surface area contributed by atoms with Crippen molar-refractivity contribution in [2.24, 2.45) is 5.92 Å². The lowest BCUT2D eigenvalue weighted by molar-refractivity contribution is 0.208. The van der Waals surface area contributed by atoms with Gasteiger partial charge in [-0.3, -0.25) is 0 Å². The molecule has 2 aromatic rings. The van der Waals surface area contributed by atoms with Gasteiger partial charge in [0.2, 0.25) is 11.8 Å². The minimum atomic E-state index is -0.0673. The van der Waals surface area contributed by atoms with Gasteiger partial charge in [-0.05, 0) is 44.0 Å². The van der Waals surface area contributed by atoms with Crippen LogP contribution in [0.1, 0.15) is 32.6 Å². The lowest BCUT2D eigenvalue weighted by atomic mass is 9.74. The van der Waals surface area contributed by atoms with Gasteiger partial charge < -0.3 is 9.73 Å². The van der Waals surface area contributed by atoms with Gasteiger partial charge >= 0.3 is 0 Å². The SMILES string of the molecule is CC(C)(c1nnc(-c2ccccc2)o1)C1CCNCC1. The molecule has 4 heteroatoms. The van der Waals surface area contributed by atoms with Crippen LogP contribution in [-0.2, 0) is 5.41 Å². The van der Waals surface area contributed by atoms with E-state index in [0.717, 1.165) is 37.4 Å². The molecule has 0 spiro atoms. The molecular formula is C16H21N3O. The number of rotatable bonds is 3. The van der Waals surface area contributed by atoms with Gasteiger partial charge in [-0.2, -0.15) is 0 Å². The van der Waals surface area contributed by atoms with Crippen molar-refractivity contribution in [3.63, 3.8) is 0 Å². The zero-order valence-electron chi connectivity index (χ0n) is 12.1. The number of piperidine rings is 1. The second kappa shape index (κ2) is 5.37. The van der Waals surface area contributed by atoms with E-state index < -0.39 is 0 Å². The Labute approximate surface area is 119 Å². The first-order chi connectivity index (χ1) is 9.68. The van der Waals surface area contributed by atoms with Crippen molar-refractivity contribution in [2.45, 2.75) is 32.1 Å². The highest BCUT2D eigenvalue weighted by Gasteiger charge is 2.36. The summed E-state index contributed by atoms with van der Waals surface area (Å²) in [5.41, 5.74) is 0.912. The third kappa shape index (κ3) is 2.48. The Morgan fingerprint density at radius 2 is 1.80 bits per heavy atom. The fraction of sp³-hybridized carbons (Fsp3) is 0.500. The molecule has 106 valence electrons. The molecule has 0 amide bonds. The Hall–Kier alpha value is -1.68. The molecule has 4 nitrogen and oxygen atoms in total. The first kappa shape index (κ1) is 13.3. The van der Waals surface area contributed by atoms with Crippen LogP contribution in [0.5, 0.6) is 0 Å². The summed E-state index contributed by atoms with van der Waals surface area (Å²) in [4.78, 5) is 0. The van der Waals surface area contributed by atoms with Crippen LogP contribution in [0, 0.1) is 5.92 Å². The van der Waals surface area contributed by atoms with E-state index in [2.05, 4.69) is 29.4 Å². The summed E-state index contributed by atoms with van der Waals surface area (Å²) in [6.45, 7) is 6.58. The van der Waals surface area contributed by atoms with Gasteiger partial charge in [-0.15, -0.1) is 10.2 Å². The number of nitrogens with one attached hydrogen (secondary N) is 1. The molecule has 2 heterocycles. The summed E-state index contributed by atoms with van der Waals surface area (Å²) in [7, 11) is 0. The Morgan fingerprint density at radius 3 is 2.50 bits per heavy atom. The first-order valence-electron chi connectivity index (χ1n) is 7.28. The molecule has 1 N–H and O–H groups in total. The summed E-state index contributed by atoms with van der Waals surface area (Å²) in [5.74, 6) is 1.96. The molecule has 1 aromatic heterocycles. The molecule has 1 fully saturated rings. The van der Waals surface area contributed by atoms with Gasteiger partial charge in [-0.1, -0.05) is 32.0 Å². The highest BCUT2D eigenvalue weighted by Crippen LogP contribution is 2.37. The zero-order chi connectivity index (χ0) is 14.0. The summed E-state index contributed by atoms with van der Waals surface area (Å²) >= 11 is 0. The predicted molar refractivity (Wildman–Crippen MR) is 78.4 cm³/mol. The van der Waals surface area contributed by atoms with E-state index in [1.54, 1.807) is 0 Å². The van der Waals surface area contributed by atoms with Crippen molar-refractivity contribution in [3.05, 3.63) is 36.2 Å². The average Bonchev–Trinajstić information content (AvgIpc) is 3.00. The molecule has 1 aliphatic rings. The summed E-state index contributed by atoms with van der Waals surface area (Å²) < 4.78 is 5.95. The van der Waals surface area contributed by atoms with E-state index in [4.69, 9.17) is 4.42 Å². The maximum Gasteiger partial charge on any atom is 0.247 e. The van der Waals surface area contributed by atoms with Crippen molar-refractivity contribution < 1.29 is 4.42 Å². The zero-order valence-corrected chi connectivity index (χ0v) is 12.1. The van der Waals surface area contributed by atoms with E-state index >= 15 is 0 Å². The Morgan fingerprint density at radius 1 is 1.10 bits per heavy atom. The molecule has 1 aliphatic heterocycles. The second-order valence-corrected chi connectivity index (χ2v) is 6.02. The minimum Gasteiger partial charge on any atom is -0.420 e. The van der Waals surface area contributed by atoms with Crippen molar-refractivity contribution >= 4 is 0 Å². The van der Waals surface area contributed by atoms with Crippen LogP contribution < -0.4 is 5.32 Å². The van der Waals surface area contributed by atoms with Crippen LogP contribution in [0.4, 0.5) is 0 Å². The average molecular weight is 271 g/mol. The Bertz CT molecular complexity index is 556. The Kier molecular flexibility index (Phi) is 3.57. The van der Waals surface area contributed by atoms with Gasteiger partial charge in [0.15, 0.2) is 0 Å². The maximum atomic E-state index is 5.95. The molecule has 0 unspecified atom stereocenters. The van der Waals surface area contributed by atoms with Gasteiger partial charge in [0.1, 0.15) is 0 Å². The fourth-order valence-corrected chi connectivity index (χ4v) is 2.90. The lowest BCUT2D eigenvalue weighted by Crippen LogP contribution is -2.38. The molecule has 3 rings (SSSR count). The van der Waals surface area contributed by atoms with Crippen LogP contribution in [0.2, 0.25) is 0 Å². The minimum absolute atomic E-state index is 0.0673. The van der Waals surface area contributed by atoms with E-state index in [0.29, 0.717) is 11.8 Å². The van der Waals surface area contributed by atoms with Crippen molar-refractivity contribution in [1.82, 2.24) is 15.5 Å². The summed E-state index contributed by atoms with van der Waals surface area (Å²) in [6.07, 6.45) is 2.33. The standard InChI is InChI=1S/C16H21N3O/c1-16(2,13-8-10-17-11-9-13)15-19-18-14(20-15)12-6-4-3-5-7-12/h3-7,13,17H,8-11H2,1-2H3. The van der Waals surface area contributed by atoms with Gasteiger partial charge in [-0.25, -0.2) is 0 Å². The molecule has 0 radical (unpaired) electrons. The quantitative estimate of drug-likeness (QED) is 0.932. The molecule has 0 bridgehead atoms. The monoisotopic (exact) mass is 271 g/mol. The molecule has 0 atom stereocenters. The molecule has 0 aliphatic carbocycles. The van der Waals surface area contributed by atoms with Crippen molar-refractivity contribution in [3.8, 4) is 11.5 Å². The van der Waals surface area contributed by atoms with E-state index in [9.17, 15) is 0 Å². The topological polar surface area (TPSA) is 51.0 Å². The van der Waals surface area contributed by atoms with Crippen LogP contribution in [0.25, 0.3) is 11.5 Å². The summed E-state index contributed by atoms with van der Waals surface area (Å²) in [5, 5.41) is 11.9. The van der Waals surface area contributed by atoms with Crippen molar-refractivity contribution in [1.29, 1.82) is 0 Å². The number of hydrogen-bond donors (Lipinski definition) is 1. The third-order valence-corrected chi connectivity index (χ3v) is 4.36. The second-order valence-electron chi connectivity index (χ2n) is 6.02. The number of aromatic nitrogens is 2. The van der Waals surface area contributed by atoms with Crippen LogP contribution in [0.15, 0.2) is 34.7 Å². The maximum absolute atomic E-state index is 5.95. The normalized spacial score (nSPS) is 17.3. The predicted octanol–water partition coefficient (Wildman–Crippen LogP) is 3.01. The molecule has 20 heavy (non-hydrogen) atoms. The van der Waals surface area contributed by atoms with Crippen molar-refractivity contribution in [2.75, 3.05) is 13.1 Å². The third-order valence-electron chi connectivity index (χ3n) is 4.36. The van der Waals surface area contributed by atoms with E-state index in [1.165, 1.54) is 0 Å². The molecule has 1 aromatic carbocycles. The lowest BCUT2D eigenvalue weighted by Gasteiger charge is -2.34. The van der Waals surface area contributed by atoms with Crippen LogP contribution in [-0.4, -0.2) is 23.3 Å². The molecule has 0 saturated carbocycles. The van der Waals surface area contributed by atoms with Gasteiger partial charge in [0.05, 0.1) is 0 Å². The van der Waals surface area contributed by atoms with Gasteiger partial charge in [0, 0.05) is 11.0 Å². The number of hydrogen-bond acceptors (Lipinski definition) is 4. The van der Waals surface area contributed by atoms with Crippen LogP contribution in [0.3, 0.4) is 0 Å². The highest BCUT2D eigenvalue weighted by molar-refractivity contribution is 5.51. The number of benzene rings is 1. The highest BCUT2D eigenvalue weighted by atomic mass is 16.4. The molecule has 1 saturated heterocycles. The summed E-state index contributed by atoms with van der Waals surface area (Å²) in [6, 6.07) is 9.94. The van der Waals surface area contributed by atoms with E-state index in [-0.39, 0.29) is 5.41 Å². The van der Waals surface area contributed by atoms with Crippen LogP contribution >= 0.6 is 0 Å². The Balaban J connectivity index is 1.85. The number of nitrogens with zero attached hydrogens (tertiary/aromatic N) is 2. The first-order valence-corrected chi connectivity index (χ1v) is 7.28. The largest absolute Gasteiger partial charge is 0.420 e. The smallest absolute Gasteiger partial charge is 0.247 e.